The number of ether oxygens (including phenoxy) is 2. The Morgan fingerprint density at radius 1 is 1.37 bits per heavy atom. The number of aromatic amines is 1. The predicted molar refractivity (Wildman–Crippen MR) is 68.2 cm³/mol. The van der Waals surface area contributed by atoms with Crippen LogP contribution in [0.3, 0.4) is 0 Å². The molecule has 3 N–H and O–H groups in total. The van der Waals surface area contributed by atoms with Gasteiger partial charge in [-0.3, -0.25) is 0 Å². The van der Waals surface area contributed by atoms with Gasteiger partial charge < -0.3 is 14.5 Å². The number of nitrogens with two attached hydrogens (primary N) is 1. The summed E-state index contributed by atoms with van der Waals surface area (Å²) in [5.74, 6) is -0.660. The van der Waals surface area contributed by atoms with E-state index in [9.17, 15) is 13.2 Å². The minimum Gasteiger partial charge on any atom is -0.459 e. The van der Waals surface area contributed by atoms with Gasteiger partial charge in [-0.05, 0) is 26.8 Å². The number of esters is 1. The Hall–Kier alpha value is -1.38. The van der Waals surface area contributed by atoms with Crippen LogP contribution in [0.1, 0.15) is 31.3 Å². The standard InChI is InChI=1S/C11H18N2O5S/c1-11(2,3)18-5-4-17-10(14)9-6-8(7-13-9)19(12,15)16/h6-7,13H,4-5H2,1-3H3,(H2,12,15,16). The zero-order valence-corrected chi connectivity index (χ0v) is 11.9. The van der Waals surface area contributed by atoms with Gasteiger partial charge in [0.1, 0.15) is 17.2 Å². The molecule has 19 heavy (non-hydrogen) atoms. The number of hydrogen-bond acceptors (Lipinski definition) is 5. The van der Waals surface area contributed by atoms with Crippen molar-refractivity contribution < 1.29 is 22.7 Å². The van der Waals surface area contributed by atoms with Gasteiger partial charge in [0.2, 0.25) is 10.0 Å². The third kappa shape index (κ3) is 5.41. The molecule has 0 bridgehead atoms. The van der Waals surface area contributed by atoms with E-state index in [1.165, 1.54) is 0 Å². The summed E-state index contributed by atoms with van der Waals surface area (Å²) in [6, 6.07) is 1.13. The minimum atomic E-state index is -3.82. The number of primary sulfonamides is 1. The van der Waals surface area contributed by atoms with Gasteiger partial charge in [0.15, 0.2) is 0 Å². The lowest BCUT2D eigenvalue weighted by Gasteiger charge is -2.19. The maximum atomic E-state index is 11.6. The molecule has 0 aliphatic rings. The fraction of sp³-hybridized carbons (Fsp3) is 0.545. The quantitative estimate of drug-likeness (QED) is 0.610. The molecular formula is C11H18N2O5S. The molecule has 0 saturated carbocycles. The third-order valence-corrected chi connectivity index (χ3v) is 2.95. The van der Waals surface area contributed by atoms with E-state index in [0.717, 1.165) is 12.3 Å². The van der Waals surface area contributed by atoms with Gasteiger partial charge in [-0.25, -0.2) is 18.4 Å². The molecular weight excluding hydrogens is 272 g/mol. The second-order valence-electron chi connectivity index (χ2n) is 4.89. The fourth-order valence-electron chi connectivity index (χ4n) is 1.22. The second-order valence-corrected chi connectivity index (χ2v) is 6.45. The van der Waals surface area contributed by atoms with Crippen molar-refractivity contribution in [1.29, 1.82) is 0 Å². The summed E-state index contributed by atoms with van der Waals surface area (Å²) in [6.07, 6.45) is 1.14. The monoisotopic (exact) mass is 290 g/mol. The number of nitrogens with one attached hydrogen (secondary N) is 1. The van der Waals surface area contributed by atoms with Gasteiger partial charge in [0, 0.05) is 6.20 Å². The molecule has 0 atom stereocenters. The zero-order chi connectivity index (χ0) is 14.7. The van der Waals surface area contributed by atoms with Crippen molar-refractivity contribution in [1.82, 2.24) is 4.98 Å². The van der Waals surface area contributed by atoms with Crippen molar-refractivity contribution in [2.24, 2.45) is 5.14 Å². The molecule has 7 nitrogen and oxygen atoms in total. The molecule has 1 heterocycles. The lowest BCUT2D eigenvalue weighted by Crippen LogP contribution is -2.22. The largest absolute Gasteiger partial charge is 0.459 e. The molecule has 0 amide bonds. The van der Waals surface area contributed by atoms with E-state index in [2.05, 4.69) is 4.98 Å². The van der Waals surface area contributed by atoms with Crippen molar-refractivity contribution in [2.45, 2.75) is 31.3 Å². The molecule has 1 rings (SSSR count). The van der Waals surface area contributed by atoms with E-state index in [-0.39, 0.29) is 29.4 Å². The molecule has 0 fully saturated rings. The van der Waals surface area contributed by atoms with Crippen molar-refractivity contribution in [2.75, 3.05) is 13.2 Å². The molecule has 1 aromatic heterocycles. The van der Waals surface area contributed by atoms with Crippen molar-refractivity contribution in [3.05, 3.63) is 18.0 Å². The van der Waals surface area contributed by atoms with Gasteiger partial charge in [0.05, 0.1) is 12.2 Å². The fourth-order valence-corrected chi connectivity index (χ4v) is 1.72. The summed E-state index contributed by atoms with van der Waals surface area (Å²) in [5, 5.41) is 4.92. The number of hydrogen-bond donors (Lipinski definition) is 2. The number of sulfonamides is 1. The van der Waals surface area contributed by atoms with Crippen LogP contribution in [0.2, 0.25) is 0 Å². The Bertz CT molecular complexity index is 542. The van der Waals surface area contributed by atoms with Crippen LogP contribution in [0.5, 0.6) is 0 Å². The zero-order valence-electron chi connectivity index (χ0n) is 11.1. The third-order valence-electron chi connectivity index (χ3n) is 2.06. The SMILES string of the molecule is CC(C)(C)OCCOC(=O)c1cc(S(N)(=O)=O)c[nH]1. The summed E-state index contributed by atoms with van der Waals surface area (Å²) in [4.78, 5) is 13.9. The summed E-state index contributed by atoms with van der Waals surface area (Å²) >= 11 is 0. The minimum absolute atomic E-state index is 0.0276. The highest BCUT2D eigenvalue weighted by atomic mass is 32.2. The molecule has 8 heteroatoms. The first kappa shape index (κ1) is 15.7. The van der Waals surface area contributed by atoms with Crippen LogP contribution in [0.15, 0.2) is 17.2 Å². The van der Waals surface area contributed by atoms with Gasteiger partial charge in [-0.15, -0.1) is 0 Å². The van der Waals surface area contributed by atoms with E-state index >= 15 is 0 Å². The Kier molecular flexibility index (Phi) is 4.72. The van der Waals surface area contributed by atoms with Gasteiger partial charge >= 0.3 is 5.97 Å². The Morgan fingerprint density at radius 3 is 2.47 bits per heavy atom. The number of carbonyl (C=O) groups is 1. The van der Waals surface area contributed by atoms with E-state index in [1.54, 1.807) is 0 Å². The van der Waals surface area contributed by atoms with Crippen molar-refractivity contribution >= 4 is 16.0 Å². The molecule has 0 unspecified atom stereocenters. The Balaban J connectivity index is 2.49. The smallest absolute Gasteiger partial charge is 0.354 e. The van der Waals surface area contributed by atoms with Crippen molar-refractivity contribution in [3.8, 4) is 0 Å². The molecule has 0 aromatic carbocycles. The maximum Gasteiger partial charge on any atom is 0.354 e. The summed E-state index contributed by atoms with van der Waals surface area (Å²) in [7, 11) is -3.82. The normalized spacial score (nSPS) is 12.4. The van der Waals surface area contributed by atoms with Crippen LogP contribution < -0.4 is 5.14 Å². The first-order chi connectivity index (χ1) is 8.59. The molecule has 0 radical (unpaired) electrons. The van der Waals surface area contributed by atoms with Crippen LogP contribution in [-0.4, -0.2) is 38.2 Å². The van der Waals surface area contributed by atoms with Gasteiger partial charge in [-0.2, -0.15) is 0 Å². The number of H-pyrrole nitrogens is 1. The molecule has 1 aromatic rings. The average molecular weight is 290 g/mol. The van der Waals surface area contributed by atoms with E-state index < -0.39 is 16.0 Å². The Morgan fingerprint density at radius 2 is 2.00 bits per heavy atom. The van der Waals surface area contributed by atoms with Crippen LogP contribution in [0.25, 0.3) is 0 Å². The molecule has 0 spiro atoms. The van der Waals surface area contributed by atoms with Gasteiger partial charge in [-0.1, -0.05) is 0 Å². The molecule has 108 valence electrons. The maximum absolute atomic E-state index is 11.6. The average Bonchev–Trinajstić information content (AvgIpc) is 2.71. The van der Waals surface area contributed by atoms with Crippen molar-refractivity contribution in [3.63, 3.8) is 0 Å². The Labute approximate surface area is 112 Å². The first-order valence-corrected chi connectivity index (χ1v) is 7.16. The van der Waals surface area contributed by atoms with Gasteiger partial charge in [0.25, 0.3) is 0 Å². The van der Waals surface area contributed by atoms with E-state index in [4.69, 9.17) is 14.6 Å². The summed E-state index contributed by atoms with van der Waals surface area (Å²) < 4.78 is 32.3. The highest BCUT2D eigenvalue weighted by Crippen LogP contribution is 2.10. The number of rotatable bonds is 5. The predicted octanol–water partition coefficient (Wildman–Crippen LogP) is 0.634. The summed E-state index contributed by atoms with van der Waals surface area (Å²) in [5.41, 5.74) is -0.278. The lowest BCUT2D eigenvalue weighted by atomic mass is 10.2. The van der Waals surface area contributed by atoms with Crippen LogP contribution >= 0.6 is 0 Å². The lowest BCUT2D eigenvalue weighted by molar-refractivity contribution is -0.0282. The highest BCUT2D eigenvalue weighted by molar-refractivity contribution is 7.89. The number of aromatic nitrogens is 1. The highest BCUT2D eigenvalue weighted by Gasteiger charge is 2.16. The second kappa shape index (κ2) is 5.72. The number of carbonyl (C=O) groups excluding carboxylic acids is 1. The van der Waals surface area contributed by atoms with E-state index in [0.29, 0.717) is 0 Å². The van der Waals surface area contributed by atoms with Crippen LogP contribution in [-0.2, 0) is 19.5 Å². The molecule has 0 aliphatic carbocycles. The molecule has 0 saturated heterocycles. The first-order valence-electron chi connectivity index (χ1n) is 5.62. The van der Waals surface area contributed by atoms with Crippen LogP contribution in [0, 0.1) is 0 Å². The molecule has 0 aliphatic heterocycles. The van der Waals surface area contributed by atoms with Crippen LogP contribution in [0.4, 0.5) is 0 Å². The topological polar surface area (TPSA) is 111 Å². The van der Waals surface area contributed by atoms with E-state index in [1.807, 2.05) is 20.8 Å². The summed E-state index contributed by atoms with van der Waals surface area (Å²) in [6.45, 7) is 6.01.